The van der Waals surface area contributed by atoms with E-state index in [0.29, 0.717) is 19.4 Å². The highest BCUT2D eigenvalue weighted by molar-refractivity contribution is 6.07. The van der Waals surface area contributed by atoms with Crippen molar-refractivity contribution in [3.8, 4) is 0 Å². The molecule has 1 heterocycles. The van der Waals surface area contributed by atoms with Crippen molar-refractivity contribution in [2.24, 2.45) is 5.41 Å². The van der Waals surface area contributed by atoms with Gasteiger partial charge in [0.25, 0.3) is 0 Å². The van der Waals surface area contributed by atoms with Crippen LogP contribution in [-0.4, -0.2) is 22.8 Å². The first-order chi connectivity index (χ1) is 10.2. The van der Waals surface area contributed by atoms with Crippen LogP contribution in [0.1, 0.15) is 44.1 Å². The summed E-state index contributed by atoms with van der Waals surface area (Å²) in [6.45, 7) is 0.444. The fraction of sp³-hybridized carbons (Fsp3) is 0.562. The van der Waals surface area contributed by atoms with Crippen molar-refractivity contribution >= 4 is 11.8 Å². The van der Waals surface area contributed by atoms with Crippen molar-refractivity contribution in [1.82, 2.24) is 15.6 Å². The minimum absolute atomic E-state index is 0.0818. The van der Waals surface area contributed by atoms with Gasteiger partial charge in [0.05, 0.1) is 0 Å². The lowest BCUT2D eigenvalue weighted by atomic mass is 10.0. The predicted octanol–water partition coefficient (Wildman–Crippen LogP) is 1.54. The molecule has 2 aliphatic carbocycles. The van der Waals surface area contributed by atoms with Gasteiger partial charge in [-0.15, -0.1) is 0 Å². The van der Waals surface area contributed by atoms with Gasteiger partial charge in [0.15, 0.2) is 0 Å². The highest BCUT2D eigenvalue weighted by Crippen LogP contribution is 2.46. The molecule has 112 valence electrons. The van der Waals surface area contributed by atoms with Gasteiger partial charge < -0.3 is 10.6 Å². The summed E-state index contributed by atoms with van der Waals surface area (Å²) in [6.07, 6.45) is 9.14. The first-order valence-corrected chi connectivity index (χ1v) is 7.69. The van der Waals surface area contributed by atoms with Crippen molar-refractivity contribution in [3.63, 3.8) is 0 Å². The molecular formula is C16H21N3O2. The molecular weight excluding hydrogens is 266 g/mol. The number of rotatable bonds is 5. The predicted molar refractivity (Wildman–Crippen MR) is 78.1 cm³/mol. The van der Waals surface area contributed by atoms with Crippen LogP contribution in [0.3, 0.4) is 0 Å². The minimum atomic E-state index is -0.810. The average Bonchev–Trinajstić information content (AvgIpc) is 3.18. The maximum atomic E-state index is 12.4. The summed E-state index contributed by atoms with van der Waals surface area (Å²) in [5, 5.41) is 5.93. The molecule has 21 heavy (non-hydrogen) atoms. The van der Waals surface area contributed by atoms with E-state index in [1.54, 1.807) is 12.4 Å². The van der Waals surface area contributed by atoms with Gasteiger partial charge in [0.2, 0.25) is 11.8 Å². The molecule has 0 spiro atoms. The molecule has 0 unspecified atom stereocenters. The Bertz CT molecular complexity index is 520. The minimum Gasteiger partial charge on any atom is -0.352 e. The van der Waals surface area contributed by atoms with E-state index in [2.05, 4.69) is 15.6 Å². The number of carbonyl (C=O) groups is 2. The van der Waals surface area contributed by atoms with Gasteiger partial charge in [0.1, 0.15) is 5.41 Å². The van der Waals surface area contributed by atoms with Crippen LogP contribution in [0, 0.1) is 5.41 Å². The molecule has 3 rings (SSSR count). The Hall–Kier alpha value is -1.91. The van der Waals surface area contributed by atoms with Gasteiger partial charge in [-0.1, -0.05) is 12.8 Å². The topological polar surface area (TPSA) is 71.1 Å². The van der Waals surface area contributed by atoms with Gasteiger partial charge >= 0.3 is 0 Å². The maximum absolute atomic E-state index is 12.4. The Morgan fingerprint density at radius 1 is 1.14 bits per heavy atom. The Kier molecular flexibility index (Phi) is 3.90. The zero-order valence-corrected chi connectivity index (χ0v) is 12.1. The second kappa shape index (κ2) is 5.84. The summed E-state index contributed by atoms with van der Waals surface area (Å²) in [5.41, 5.74) is 0.181. The molecule has 0 bridgehead atoms. The number of nitrogens with zero attached hydrogens (tertiary/aromatic N) is 1. The molecule has 0 aliphatic heterocycles. The lowest BCUT2D eigenvalue weighted by Gasteiger charge is -2.18. The van der Waals surface area contributed by atoms with Crippen LogP contribution in [0.4, 0.5) is 0 Å². The molecule has 2 fully saturated rings. The second-order valence-corrected chi connectivity index (χ2v) is 6.08. The molecule has 1 aromatic rings. The standard InChI is InChI=1S/C16H21N3O2/c20-14(18-11-12-5-9-17-10-6-12)16(7-8-16)15(21)19-13-3-1-2-4-13/h5-6,9-10,13H,1-4,7-8,11H2,(H,18,20)(H,19,21). The zero-order chi connectivity index (χ0) is 14.7. The van der Waals surface area contributed by atoms with E-state index in [1.807, 2.05) is 12.1 Å². The molecule has 5 heteroatoms. The summed E-state index contributed by atoms with van der Waals surface area (Å²) in [4.78, 5) is 28.6. The van der Waals surface area contributed by atoms with Crippen LogP contribution in [0.25, 0.3) is 0 Å². The fourth-order valence-electron chi connectivity index (χ4n) is 2.93. The molecule has 5 nitrogen and oxygen atoms in total. The third kappa shape index (κ3) is 3.06. The Labute approximate surface area is 124 Å². The van der Waals surface area contributed by atoms with E-state index in [1.165, 1.54) is 12.8 Å². The summed E-state index contributed by atoms with van der Waals surface area (Å²) in [5.74, 6) is -0.226. The third-order valence-corrected chi connectivity index (χ3v) is 4.51. The Morgan fingerprint density at radius 2 is 1.81 bits per heavy atom. The first-order valence-electron chi connectivity index (χ1n) is 7.69. The molecule has 2 N–H and O–H groups in total. The Balaban J connectivity index is 1.54. The molecule has 1 aromatic heterocycles. The van der Waals surface area contributed by atoms with E-state index < -0.39 is 5.41 Å². The number of aromatic nitrogens is 1. The fourth-order valence-corrected chi connectivity index (χ4v) is 2.93. The summed E-state index contributed by atoms with van der Waals surface area (Å²) in [7, 11) is 0. The van der Waals surface area contributed by atoms with Gasteiger partial charge in [0, 0.05) is 25.0 Å². The van der Waals surface area contributed by atoms with Gasteiger partial charge in [-0.3, -0.25) is 14.6 Å². The highest BCUT2D eigenvalue weighted by Gasteiger charge is 2.56. The Morgan fingerprint density at radius 3 is 2.43 bits per heavy atom. The van der Waals surface area contributed by atoms with Crippen molar-refractivity contribution < 1.29 is 9.59 Å². The number of carbonyl (C=O) groups excluding carboxylic acids is 2. The van der Waals surface area contributed by atoms with E-state index in [-0.39, 0.29) is 17.9 Å². The van der Waals surface area contributed by atoms with Crippen LogP contribution < -0.4 is 10.6 Å². The quantitative estimate of drug-likeness (QED) is 0.807. The molecule has 2 saturated carbocycles. The largest absolute Gasteiger partial charge is 0.352 e. The van der Waals surface area contributed by atoms with Crippen molar-refractivity contribution in [1.29, 1.82) is 0 Å². The monoisotopic (exact) mass is 287 g/mol. The number of hydrogen-bond acceptors (Lipinski definition) is 3. The highest BCUT2D eigenvalue weighted by atomic mass is 16.2. The summed E-state index contributed by atoms with van der Waals surface area (Å²) < 4.78 is 0. The van der Waals surface area contributed by atoms with Crippen LogP contribution in [0.15, 0.2) is 24.5 Å². The lowest BCUT2D eigenvalue weighted by Crippen LogP contribution is -2.45. The van der Waals surface area contributed by atoms with E-state index in [4.69, 9.17) is 0 Å². The first kappa shape index (κ1) is 14.0. The number of hydrogen-bond donors (Lipinski definition) is 2. The normalized spacial score (nSPS) is 20.0. The second-order valence-electron chi connectivity index (χ2n) is 6.08. The number of pyridine rings is 1. The molecule has 0 aromatic carbocycles. The molecule has 2 aliphatic rings. The van der Waals surface area contributed by atoms with Crippen LogP contribution in [0.5, 0.6) is 0 Å². The summed E-state index contributed by atoms with van der Waals surface area (Å²) >= 11 is 0. The average molecular weight is 287 g/mol. The van der Waals surface area contributed by atoms with Gasteiger partial charge in [-0.2, -0.15) is 0 Å². The lowest BCUT2D eigenvalue weighted by molar-refractivity contribution is -0.137. The maximum Gasteiger partial charge on any atom is 0.235 e. The van der Waals surface area contributed by atoms with Crippen molar-refractivity contribution in [2.75, 3.05) is 0 Å². The van der Waals surface area contributed by atoms with Crippen LogP contribution >= 0.6 is 0 Å². The molecule has 0 radical (unpaired) electrons. The van der Waals surface area contributed by atoms with Crippen molar-refractivity contribution in [2.45, 2.75) is 51.1 Å². The molecule has 0 atom stereocenters. The number of amides is 2. The van der Waals surface area contributed by atoms with E-state index >= 15 is 0 Å². The molecule has 0 saturated heterocycles. The van der Waals surface area contributed by atoms with Crippen LogP contribution in [-0.2, 0) is 16.1 Å². The van der Waals surface area contributed by atoms with E-state index in [0.717, 1.165) is 18.4 Å². The van der Waals surface area contributed by atoms with Gasteiger partial charge in [-0.05, 0) is 43.4 Å². The van der Waals surface area contributed by atoms with Crippen molar-refractivity contribution in [3.05, 3.63) is 30.1 Å². The van der Waals surface area contributed by atoms with Crippen LogP contribution in [0.2, 0.25) is 0 Å². The van der Waals surface area contributed by atoms with E-state index in [9.17, 15) is 9.59 Å². The van der Waals surface area contributed by atoms with Gasteiger partial charge in [-0.25, -0.2) is 0 Å². The third-order valence-electron chi connectivity index (χ3n) is 4.51. The number of nitrogens with one attached hydrogen (secondary N) is 2. The smallest absolute Gasteiger partial charge is 0.235 e. The molecule has 2 amide bonds. The zero-order valence-electron chi connectivity index (χ0n) is 12.1. The SMILES string of the molecule is O=C(NCc1ccncc1)C1(C(=O)NC2CCCC2)CC1. The summed E-state index contributed by atoms with van der Waals surface area (Å²) in [6, 6.07) is 3.99.